The predicted octanol–water partition coefficient (Wildman–Crippen LogP) is 1.65. The second-order valence-corrected chi connectivity index (χ2v) is 6.93. The number of hydrogen-bond donors (Lipinski definition) is 2. The normalized spacial score (nSPS) is 16.9. The Hall–Kier alpha value is -2.90. The molecule has 0 bridgehead atoms. The Labute approximate surface area is 166 Å². The van der Waals surface area contributed by atoms with E-state index in [1.54, 1.807) is 21.3 Å². The Balaban J connectivity index is 1.51. The summed E-state index contributed by atoms with van der Waals surface area (Å²) in [6.45, 7) is 5.48. The molecule has 1 aliphatic rings. The van der Waals surface area contributed by atoms with Crippen molar-refractivity contribution in [2.75, 3.05) is 45.8 Å². The molecule has 152 valence electrons. The summed E-state index contributed by atoms with van der Waals surface area (Å²) in [4.78, 5) is 6.68. The van der Waals surface area contributed by atoms with Crippen molar-refractivity contribution in [2.24, 2.45) is 4.99 Å². The maximum atomic E-state index is 5.39. The smallest absolute Gasteiger partial charge is 0.191 e. The highest BCUT2D eigenvalue weighted by Gasteiger charge is 2.24. The zero-order chi connectivity index (χ0) is 19.9. The lowest BCUT2D eigenvalue weighted by molar-refractivity contribution is 0.394. The fourth-order valence-corrected chi connectivity index (χ4v) is 3.35. The zero-order valence-corrected chi connectivity index (χ0v) is 17.1. The topological polar surface area (TPSA) is 75.9 Å². The van der Waals surface area contributed by atoms with E-state index in [4.69, 9.17) is 9.47 Å². The van der Waals surface area contributed by atoms with Gasteiger partial charge in [-0.25, -0.2) is 0 Å². The van der Waals surface area contributed by atoms with Crippen LogP contribution in [0, 0.1) is 6.92 Å². The number of aromatic nitrogens is 2. The number of aryl methyl sites for hydroxylation is 1. The number of hydrogen-bond acceptors (Lipinski definition) is 5. The number of guanidine groups is 1. The molecule has 1 unspecified atom stereocenters. The third-order valence-electron chi connectivity index (χ3n) is 4.85. The highest BCUT2D eigenvalue weighted by atomic mass is 16.5. The van der Waals surface area contributed by atoms with E-state index < -0.39 is 0 Å². The Morgan fingerprint density at radius 1 is 1.25 bits per heavy atom. The van der Waals surface area contributed by atoms with Crippen LogP contribution in [0.15, 0.2) is 35.6 Å². The molecule has 2 heterocycles. The number of benzene rings is 1. The maximum absolute atomic E-state index is 5.39. The van der Waals surface area contributed by atoms with Crippen molar-refractivity contribution in [3.05, 3.63) is 36.2 Å². The minimum absolute atomic E-state index is 0.329. The molecule has 8 heteroatoms. The molecule has 0 aliphatic carbocycles. The lowest BCUT2D eigenvalue weighted by Crippen LogP contribution is -2.45. The summed E-state index contributed by atoms with van der Waals surface area (Å²) in [6, 6.07) is 6.31. The van der Waals surface area contributed by atoms with Gasteiger partial charge in [-0.15, -0.1) is 0 Å². The third kappa shape index (κ3) is 5.09. The Morgan fingerprint density at radius 3 is 2.61 bits per heavy atom. The Kier molecular flexibility index (Phi) is 6.62. The molecule has 0 spiro atoms. The molecule has 1 aromatic carbocycles. The van der Waals surface area contributed by atoms with Gasteiger partial charge in [0.2, 0.25) is 0 Å². The van der Waals surface area contributed by atoms with E-state index in [1.807, 2.05) is 42.2 Å². The summed E-state index contributed by atoms with van der Waals surface area (Å²) < 4.78 is 12.7. The van der Waals surface area contributed by atoms with Crippen LogP contribution in [0.2, 0.25) is 0 Å². The first kappa shape index (κ1) is 19.9. The van der Waals surface area contributed by atoms with Crippen LogP contribution in [0.1, 0.15) is 12.0 Å². The number of methoxy groups -OCH3 is 2. The molecule has 0 amide bonds. The lowest BCUT2D eigenvalue weighted by Gasteiger charge is -2.21. The summed E-state index contributed by atoms with van der Waals surface area (Å²) in [5.41, 5.74) is 2.28. The molecule has 1 saturated heterocycles. The highest BCUT2D eigenvalue weighted by Crippen LogP contribution is 2.30. The average molecular weight is 387 g/mol. The number of aliphatic imine (C=N–C) groups is 1. The zero-order valence-electron chi connectivity index (χ0n) is 17.1. The van der Waals surface area contributed by atoms with Gasteiger partial charge in [-0.3, -0.25) is 9.67 Å². The molecule has 1 fully saturated rings. The summed E-state index contributed by atoms with van der Waals surface area (Å²) in [5.74, 6) is 2.42. The Bertz CT molecular complexity index is 781. The molecule has 1 aromatic heterocycles. The second-order valence-electron chi connectivity index (χ2n) is 6.93. The molecule has 0 saturated carbocycles. The molecule has 28 heavy (non-hydrogen) atoms. The monoisotopic (exact) mass is 386 g/mol. The maximum Gasteiger partial charge on any atom is 0.191 e. The van der Waals surface area contributed by atoms with Crippen LogP contribution in [0.3, 0.4) is 0 Å². The van der Waals surface area contributed by atoms with Crippen molar-refractivity contribution in [3.63, 3.8) is 0 Å². The van der Waals surface area contributed by atoms with Gasteiger partial charge in [-0.05, 0) is 18.9 Å². The molecular weight excluding hydrogens is 356 g/mol. The number of nitrogens with zero attached hydrogens (tertiary/aromatic N) is 4. The molecule has 1 atom stereocenters. The molecule has 3 rings (SSSR count). The number of anilines is 1. The van der Waals surface area contributed by atoms with Crippen LogP contribution in [0.4, 0.5) is 5.69 Å². The van der Waals surface area contributed by atoms with Crippen LogP contribution >= 0.6 is 0 Å². The van der Waals surface area contributed by atoms with Crippen molar-refractivity contribution < 1.29 is 9.47 Å². The molecule has 0 radical (unpaired) electrons. The van der Waals surface area contributed by atoms with E-state index in [0.717, 1.165) is 55.7 Å². The minimum atomic E-state index is 0.329. The largest absolute Gasteiger partial charge is 0.497 e. The molecule has 2 N–H and O–H groups in total. The summed E-state index contributed by atoms with van der Waals surface area (Å²) in [6.07, 6.45) is 4.95. The van der Waals surface area contributed by atoms with Gasteiger partial charge in [-0.1, -0.05) is 0 Å². The van der Waals surface area contributed by atoms with Gasteiger partial charge >= 0.3 is 0 Å². The number of ether oxygens (including phenoxy) is 2. The van der Waals surface area contributed by atoms with Crippen LogP contribution in [-0.4, -0.2) is 62.7 Å². The molecule has 8 nitrogen and oxygen atoms in total. The number of rotatable bonds is 7. The Morgan fingerprint density at radius 2 is 2.00 bits per heavy atom. The van der Waals surface area contributed by atoms with Crippen LogP contribution < -0.4 is 25.0 Å². The SMILES string of the molecule is CN=C(NCCn1cc(C)cn1)NC1CCN(c2cc(OC)cc(OC)c2)C1. The predicted molar refractivity (Wildman–Crippen MR) is 112 cm³/mol. The van der Waals surface area contributed by atoms with E-state index in [1.165, 1.54) is 5.56 Å². The van der Waals surface area contributed by atoms with E-state index in [-0.39, 0.29) is 0 Å². The van der Waals surface area contributed by atoms with Crippen molar-refractivity contribution in [2.45, 2.75) is 25.9 Å². The van der Waals surface area contributed by atoms with Crippen LogP contribution in [-0.2, 0) is 6.54 Å². The van der Waals surface area contributed by atoms with E-state index >= 15 is 0 Å². The van der Waals surface area contributed by atoms with Gasteiger partial charge < -0.3 is 25.0 Å². The van der Waals surface area contributed by atoms with Crippen molar-refractivity contribution >= 4 is 11.6 Å². The van der Waals surface area contributed by atoms with Crippen LogP contribution in [0.25, 0.3) is 0 Å². The van der Waals surface area contributed by atoms with Gasteiger partial charge in [0.25, 0.3) is 0 Å². The second kappa shape index (κ2) is 9.34. The first-order valence-electron chi connectivity index (χ1n) is 9.55. The minimum Gasteiger partial charge on any atom is -0.497 e. The first-order valence-corrected chi connectivity index (χ1v) is 9.55. The standard InChI is InChI=1S/C20H30N6O2/c1-15-12-23-26(13-15)8-6-22-20(21-2)24-16-5-7-25(14-16)17-9-18(27-3)11-19(10-17)28-4/h9-13,16H,5-8,14H2,1-4H3,(H2,21,22,24). The van der Waals surface area contributed by atoms with Gasteiger partial charge in [0.15, 0.2) is 5.96 Å². The van der Waals surface area contributed by atoms with Crippen molar-refractivity contribution in [1.29, 1.82) is 0 Å². The van der Waals surface area contributed by atoms with Crippen molar-refractivity contribution in [1.82, 2.24) is 20.4 Å². The quantitative estimate of drug-likeness (QED) is 0.557. The van der Waals surface area contributed by atoms with Gasteiger partial charge in [0, 0.05) is 62.8 Å². The van der Waals surface area contributed by atoms with E-state index in [2.05, 4.69) is 25.6 Å². The lowest BCUT2D eigenvalue weighted by atomic mass is 10.2. The van der Waals surface area contributed by atoms with Gasteiger partial charge in [-0.2, -0.15) is 5.10 Å². The van der Waals surface area contributed by atoms with Crippen molar-refractivity contribution in [3.8, 4) is 11.5 Å². The highest BCUT2D eigenvalue weighted by molar-refractivity contribution is 5.80. The molecule has 2 aromatic rings. The summed E-state index contributed by atoms with van der Waals surface area (Å²) in [5, 5.41) is 11.2. The van der Waals surface area contributed by atoms with Gasteiger partial charge in [0.1, 0.15) is 11.5 Å². The third-order valence-corrected chi connectivity index (χ3v) is 4.85. The average Bonchev–Trinajstić information content (AvgIpc) is 3.35. The van der Waals surface area contributed by atoms with Gasteiger partial charge in [0.05, 0.1) is 27.0 Å². The fourth-order valence-electron chi connectivity index (χ4n) is 3.35. The van der Waals surface area contributed by atoms with Crippen LogP contribution in [0.5, 0.6) is 11.5 Å². The molecule has 1 aliphatic heterocycles. The molecular formula is C20H30N6O2. The van der Waals surface area contributed by atoms with E-state index in [9.17, 15) is 0 Å². The summed E-state index contributed by atoms with van der Waals surface area (Å²) in [7, 11) is 5.15. The first-order chi connectivity index (χ1) is 13.6. The fraction of sp³-hybridized carbons (Fsp3) is 0.500. The number of nitrogens with one attached hydrogen (secondary N) is 2. The summed E-state index contributed by atoms with van der Waals surface area (Å²) >= 11 is 0. The van der Waals surface area contributed by atoms with E-state index in [0.29, 0.717) is 6.04 Å².